The summed E-state index contributed by atoms with van der Waals surface area (Å²) in [4.78, 5) is 5.95. The molecule has 0 amide bonds. The highest BCUT2D eigenvalue weighted by Gasteiger charge is 2.17. The summed E-state index contributed by atoms with van der Waals surface area (Å²) in [5, 5.41) is 1.11. The molecular weight excluding hydrogens is 227 g/mol. The molecule has 0 saturated heterocycles. The minimum absolute atomic E-state index is 0. The molecule has 1 unspecified atom stereocenters. The monoisotopic (exact) mass is 240 g/mol. The molecule has 13 heavy (non-hydrogen) atoms. The first-order chi connectivity index (χ1) is 5.27. The van der Waals surface area contributed by atoms with Crippen LogP contribution in [0.2, 0.25) is 0 Å². The number of nitrogens with two attached hydrogens (primary N) is 1. The van der Waals surface area contributed by atoms with Crippen LogP contribution in [0, 0.1) is 0 Å². The number of aromatic nitrogens is 1. The van der Waals surface area contributed by atoms with Crippen LogP contribution in [0.3, 0.4) is 0 Å². The molecule has 5 heteroatoms. The lowest BCUT2D eigenvalue weighted by Crippen LogP contribution is -2.04. The van der Waals surface area contributed by atoms with Crippen molar-refractivity contribution in [3.05, 3.63) is 15.6 Å². The number of fused-ring (bicyclic) bond motifs is 1. The van der Waals surface area contributed by atoms with Gasteiger partial charge in [-0.25, -0.2) is 4.98 Å². The smallest absolute Gasteiger partial charge is 0.110 e. The Morgan fingerprint density at radius 2 is 2.08 bits per heavy atom. The summed E-state index contributed by atoms with van der Waals surface area (Å²) in [7, 11) is 0. The Morgan fingerprint density at radius 3 is 2.62 bits per heavy atom. The Labute approximate surface area is 94.8 Å². The first-order valence-electron chi connectivity index (χ1n) is 4.01. The van der Waals surface area contributed by atoms with Gasteiger partial charge in [-0.1, -0.05) is 0 Å². The fraction of sp³-hybridized carbons (Fsp3) is 0.625. The number of hydrogen-bond donors (Lipinski definition) is 1. The van der Waals surface area contributed by atoms with Crippen LogP contribution in [0.25, 0.3) is 0 Å². The van der Waals surface area contributed by atoms with Crippen molar-refractivity contribution in [2.75, 3.05) is 0 Å². The lowest BCUT2D eigenvalue weighted by atomic mass is 10.3. The van der Waals surface area contributed by atoms with Crippen molar-refractivity contribution in [1.82, 2.24) is 4.98 Å². The van der Waals surface area contributed by atoms with E-state index < -0.39 is 0 Å². The van der Waals surface area contributed by atoms with E-state index in [1.807, 2.05) is 6.92 Å². The second-order valence-corrected chi connectivity index (χ2v) is 4.18. The van der Waals surface area contributed by atoms with E-state index in [1.165, 1.54) is 29.8 Å². The Balaban J connectivity index is 0.000000720. The third-order valence-corrected chi connectivity index (χ3v) is 3.36. The third kappa shape index (κ3) is 2.56. The van der Waals surface area contributed by atoms with Crippen molar-refractivity contribution in [1.29, 1.82) is 0 Å². The fourth-order valence-corrected chi connectivity index (χ4v) is 2.51. The van der Waals surface area contributed by atoms with Crippen molar-refractivity contribution < 1.29 is 0 Å². The highest BCUT2D eigenvalue weighted by atomic mass is 35.5. The lowest BCUT2D eigenvalue weighted by molar-refractivity contribution is 0.793. The second-order valence-electron chi connectivity index (χ2n) is 3.06. The minimum atomic E-state index is 0. The first kappa shape index (κ1) is 13.2. The number of thiazole rings is 1. The molecule has 1 heterocycles. The standard InChI is InChI=1S/C8H12N2S.2ClH/c1-5(9)8-10-6-3-2-4-7(6)11-8;;/h5H,2-4,9H2,1H3;2*1H. The number of aryl methyl sites for hydroxylation is 2. The highest BCUT2D eigenvalue weighted by molar-refractivity contribution is 7.11. The Hall–Kier alpha value is 0.170. The Morgan fingerprint density at radius 1 is 1.38 bits per heavy atom. The van der Waals surface area contributed by atoms with E-state index in [0.717, 1.165) is 5.01 Å². The number of hydrogen-bond acceptors (Lipinski definition) is 3. The largest absolute Gasteiger partial charge is 0.322 e. The maximum absolute atomic E-state index is 5.72. The van der Waals surface area contributed by atoms with E-state index in [0.29, 0.717) is 0 Å². The predicted octanol–water partition coefficient (Wildman–Crippen LogP) is 2.50. The van der Waals surface area contributed by atoms with Gasteiger partial charge in [0.2, 0.25) is 0 Å². The van der Waals surface area contributed by atoms with Crippen LogP contribution in [0.1, 0.15) is 35.0 Å². The summed E-state index contributed by atoms with van der Waals surface area (Å²) in [6.45, 7) is 1.99. The van der Waals surface area contributed by atoms with Gasteiger partial charge in [-0.15, -0.1) is 36.2 Å². The molecule has 0 saturated carbocycles. The molecule has 0 fully saturated rings. The zero-order chi connectivity index (χ0) is 7.84. The molecule has 2 N–H and O–H groups in total. The molecule has 0 radical (unpaired) electrons. The molecule has 1 aliphatic rings. The molecule has 2 nitrogen and oxygen atoms in total. The summed E-state index contributed by atoms with van der Waals surface area (Å²) in [5.41, 5.74) is 7.03. The van der Waals surface area contributed by atoms with Crippen LogP contribution in [0.4, 0.5) is 0 Å². The number of halogens is 2. The van der Waals surface area contributed by atoms with E-state index in [9.17, 15) is 0 Å². The van der Waals surface area contributed by atoms with Gasteiger partial charge in [-0.05, 0) is 26.2 Å². The molecule has 1 aromatic rings. The SMILES string of the molecule is CC(N)c1nc2c(s1)CCC2.Cl.Cl. The van der Waals surface area contributed by atoms with Crippen LogP contribution in [-0.2, 0) is 12.8 Å². The first-order valence-corrected chi connectivity index (χ1v) is 4.83. The van der Waals surface area contributed by atoms with Crippen LogP contribution < -0.4 is 5.73 Å². The molecule has 0 bridgehead atoms. The Bertz CT molecular complexity index is 252. The van der Waals surface area contributed by atoms with E-state index in [4.69, 9.17) is 5.73 Å². The maximum Gasteiger partial charge on any atom is 0.110 e. The quantitative estimate of drug-likeness (QED) is 0.820. The minimum Gasteiger partial charge on any atom is -0.322 e. The van der Waals surface area contributed by atoms with Gasteiger partial charge in [-0.3, -0.25) is 0 Å². The zero-order valence-electron chi connectivity index (χ0n) is 7.45. The van der Waals surface area contributed by atoms with Crippen LogP contribution in [-0.4, -0.2) is 4.98 Å². The Kier molecular flexibility index (Phi) is 5.22. The maximum atomic E-state index is 5.72. The van der Waals surface area contributed by atoms with Crippen LogP contribution in [0.15, 0.2) is 0 Å². The van der Waals surface area contributed by atoms with E-state index in [-0.39, 0.29) is 30.9 Å². The van der Waals surface area contributed by atoms with E-state index >= 15 is 0 Å². The zero-order valence-corrected chi connectivity index (χ0v) is 9.90. The molecule has 2 rings (SSSR count). The normalized spacial score (nSPS) is 15.5. The lowest BCUT2D eigenvalue weighted by Gasteiger charge is -1.97. The summed E-state index contributed by atoms with van der Waals surface area (Å²) in [5.74, 6) is 0. The second kappa shape index (κ2) is 5.15. The van der Waals surface area contributed by atoms with Gasteiger partial charge in [-0.2, -0.15) is 0 Å². The fourth-order valence-electron chi connectivity index (χ4n) is 1.41. The summed E-state index contributed by atoms with van der Waals surface area (Å²) >= 11 is 1.79. The van der Waals surface area contributed by atoms with Gasteiger partial charge in [0, 0.05) is 4.88 Å². The molecule has 0 spiro atoms. The third-order valence-electron chi connectivity index (χ3n) is 2.00. The van der Waals surface area contributed by atoms with Gasteiger partial charge in [0.1, 0.15) is 5.01 Å². The molecule has 1 aromatic heterocycles. The molecule has 1 aliphatic carbocycles. The highest BCUT2D eigenvalue weighted by Crippen LogP contribution is 2.29. The van der Waals surface area contributed by atoms with Crippen molar-refractivity contribution in [3.63, 3.8) is 0 Å². The summed E-state index contributed by atoms with van der Waals surface area (Å²) in [6, 6.07) is 0.116. The van der Waals surface area contributed by atoms with Crippen molar-refractivity contribution in [2.24, 2.45) is 5.73 Å². The molecule has 1 atom stereocenters. The summed E-state index contributed by atoms with van der Waals surface area (Å²) in [6.07, 6.45) is 3.67. The summed E-state index contributed by atoms with van der Waals surface area (Å²) < 4.78 is 0. The molecule has 0 aromatic carbocycles. The van der Waals surface area contributed by atoms with E-state index in [1.54, 1.807) is 11.3 Å². The predicted molar refractivity (Wildman–Crippen MR) is 61.2 cm³/mol. The number of nitrogens with zero attached hydrogens (tertiary/aromatic N) is 1. The average Bonchev–Trinajstić information content (AvgIpc) is 2.40. The van der Waals surface area contributed by atoms with Gasteiger partial charge >= 0.3 is 0 Å². The van der Waals surface area contributed by atoms with Crippen molar-refractivity contribution in [3.8, 4) is 0 Å². The van der Waals surface area contributed by atoms with Crippen LogP contribution >= 0.6 is 36.2 Å². The number of rotatable bonds is 1. The van der Waals surface area contributed by atoms with Crippen molar-refractivity contribution >= 4 is 36.2 Å². The van der Waals surface area contributed by atoms with E-state index in [2.05, 4.69) is 4.98 Å². The molecule has 76 valence electrons. The average molecular weight is 241 g/mol. The molecular formula is C8H14Cl2N2S. The van der Waals surface area contributed by atoms with Gasteiger partial charge in [0.25, 0.3) is 0 Å². The topological polar surface area (TPSA) is 38.9 Å². The van der Waals surface area contributed by atoms with Gasteiger partial charge in [0.15, 0.2) is 0 Å². The van der Waals surface area contributed by atoms with Crippen molar-refractivity contribution in [2.45, 2.75) is 32.2 Å². The molecule has 0 aliphatic heterocycles. The van der Waals surface area contributed by atoms with Crippen LogP contribution in [0.5, 0.6) is 0 Å². The van der Waals surface area contributed by atoms with Gasteiger partial charge in [0.05, 0.1) is 11.7 Å². The van der Waals surface area contributed by atoms with Gasteiger partial charge < -0.3 is 5.73 Å².